The Labute approximate surface area is 112 Å². The number of fused-ring (bicyclic) bond motifs is 1. The molecule has 19 heavy (non-hydrogen) atoms. The van der Waals surface area contributed by atoms with Crippen molar-refractivity contribution >= 4 is 28.7 Å². The summed E-state index contributed by atoms with van der Waals surface area (Å²) in [7, 11) is 0. The van der Waals surface area contributed by atoms with Crippen LogP contribution in [0.25, 0.3) is 11.2 Å². The van der Waals surface area contributed by atoms with E-state index in [0.717, 1.165) is 0 Å². The number of aliphatic hydroxyl groups excluding tert-OH is 3. The second kappa shape index (κ2) is 4.60. The van der Waals surface area contributed by atoms with Crippen LogP contribution in [0.4, 0.5) is 5.82 Å². The van der Waals surface area contributed by atoms with E-state index < -0.39 is 22.8 Å². The summed E-state index contributed by atoms with van der Waals surface area (Å²) in [5.41, 5.74) is 6.65. The van der Waals surface area contributed by atoms with Gasteiger partial charge in [0.15, 0.2) is 11.5 Å². The Morgan fingerprint density at radius 1 is 1.26 bits per heavy atom. The van der Waals surface area contributed by atoms with E-state index in [2.05, 4.69) is 15.0 Å². The van der Waals surface area contributed by atoms with Gasteiger partial charge in [-0.3, -0.25) is 4.57 Å². The van der Waals surface area contributed by atoms with Crippen LogP contribution >= 0.6 is 11.8 Å². The highest BCUT2D eigenvalue weighted by atomic mass is 32.2. The summed E-state index contributed by atoms with van der Waals surface area (Å²) in [6.45, 7) is -0.205. The van der Waals surface area contributed by atoms with Crippen LogP contribution in [-0.4, -0.2) is 58.9 Å². The molecular formula is C10H13N5O3S. The van der Waals surface area contributed by atoms with E-state index in [1.165, 1.54) is 24.4 Å². The molecule has 1 saturated heterocycles. The van der Waals surface area contributed by atoms with Crippen molar-refractivity contribution in [1.29, 1.82) is 0 Å². The lowest BCUT2D eigenvalue weighted by atomic mass is 10.1. The largest absolute Gasteiger partial charge is 0.395 e. The number of nitrogens with zero attached hydrogens (tertiary/aromatic N) is 4. The van der Waals surface area contributed by atoms with Gasteiger partial charge in [0.25, 0.3) is 0 Å². The van der Waals surface area contributed by atoms with Gasteiger partial charge in [0.05, 0.1) is 24.3 Å². The Hall–Kier alpha value is -1.42. The topological polar surface area (TPSA) is 130 Å². The molecule has 9 heteroatoms. The smallest absolute Gasteiger partial charge is 0.166 e. The fourth-order valence-electron chi connectivity index (χ4n) is 2.17. The number of hydrogen-bond donors (Lipinski definition) is 4. The van der Waals surface area contributed by atoms with Crippen LogP contribution < -0.4 is 5.73 Å². The lowest BCUT2D eigenvalue weighted by Crippen LogP contribution is -2.32. The number of nitrogen functional groups attached to an aromatic ring is 1. The highest BCUT2D eigenvalue weighted by molar-refractivity contribution is 8.00. The maximum Gasteiger partial charge on any atom is 0.166 e. The van der Waals surface area contributed by atoms with Gasteiger partial charge in [0.2, 0.25) is 0 Å². The molecule has 2 aromatic heterocycles. The van der Waals surface area contributed by atoms with Gasteiger partial charge >= 0.3 is 0 Å². The van der Waals surface area contributed by atoms with Crippen molar-refractivity contribution in [3.63, 3.8) is 0 Å². The summed E-state index contributed by atoms with van der Waals surface area (Å²) >= 11 is 1.28. The Balaban J connectivity index is 2.04. The Morgan fingerprint density at radius 2 is 2.05 bits per heavy atom. The maximum absolute atomic E-state index is 10.1. The van der Waals surface area contributed by atoms with E-state index in [1.54, 1.807) is 4.57 Å². The quantitative estimate of drug-likeness (QED) is 0.537. The van der Waals surface area contributed by atoms with Gasteiger partial charge in [-0.1, -0.05) is 0 Å². The average Bonchev–Trinajstić information content (AvgIpc) is 2.94. The average molecular weight is 283 g/mol. The Kier molecular flexibility index (Phi) is 3.05. The zero-order valence-electron chi connectivity index (χ0n) is 9.79. The minimum absolute atomic E-state index is 0.205. The second-order valence-corrected chi connectivity index (χ2v) is 5.67. The summed E-state index contributed by atoms with van der Waals surface area (Å²) < 4.78 is 1.64. The molecule has 4 atom stereocenters. The van der Waals surface area contributed by atoms with E-state index in [0.29, 0.717) is 11.2 Å². The first-order valence-corrected chi connectivity index (χ1v) is 6.63. The number of rotatable bonds is 2. The molecule has 8 nitrogen and oxygen atoms in total. The third-order valence-corrected chi connectivity index (χ3v) is 4.74. The number of anilines is 1. The van der Waals surface area contributed by atoms with Crippen molar-refractivity contribution in [2.75, 3.05) is 12.3 Å². The van der Waals surface area contributed by atoms with Crippen LogP contribution in [-0.2, 0) is 0 Å². The predicted molar refractivity (Wildman–Crippen MR) is 69.3 cm³/mol. The molecule has 1 aliphatic rings. The number of nitrogens with two attached hydrogens (primary N) is 1. The van der Waals surface area contributed by atoms with Crippen molar-refractivity contribution in [2.24, 2.45) is 0 Å². The number of hydrogen-bond acceptors (Lipinski definition) is 8. The second-order valence-electron chi connectivity index (χ2n) is 4.31. The van der Waals surface area contributed by atoms with Crippen molar-refractivity contribution in [3.8, 4) is 0 Å². The van der Waals surface area contributed by atoms with Crippen molar-refractivity contribution in [1.82, 2.24) is 19.5 Å². The molecule has 1 aliphatic heterocycles. The third-order valence-electron chi connectivity index (χ3n) is 3.18. The lowest BCUT2D eigenvalue weighted by Gasteiger charge is -2.16. The van der Waals surface area contributed by atoms with Gasteiger partial charge in [-0.25, -0.2) is 15.0 Å². The van der Waals surface area contributed by atoms with Gasteiger partial charge in [-0.15, -0.1) is 11.8 Å². The SMILES string of the molecule is Nc1ncnc2c1ncn2[C@H]1S[C@H](CO)C(O)C1O. The monoisotopic (exact) mass is 283 g/mol. The minimum Gasteiger partial charge on any atom is -0.395 e. The fourth-order valence-corrected chi connectivity index (χ4v) is 3.54. The highest BCUT2D eigenvalue weighted by Gasteiger charge is 2.43. The Morgan fingerprint density at radius 3 is 2.74 bits per heavy atom. The van der Waals surface area contributed by atoms with E-state index in [4.69, 9.17) is 10.8 Å². The molecule has 1 fully saturated rings. The van der Waals surface area contributed by atoms with Crippen molar-refractivity contribution in [3.05, 3.63) is 12.7 Å². The molecule has 2 unspecified atom stereocenters. The maximum atomic E-state index is 10.1. The zero-order valence-corrected chi connectivity index (χ0v) is 10.6. The molecule has 0 amide bonds. The van der Waals surface area contributed by atoms with Gasteiger partial charge in [0.1, 0.15) is 23.3 Å². The molecule has 0 bridgehead atoms. The molecular weight excluding hydrogens is 270 g/mol. The summed E-state index contributed by atoms with van der Waals surface area (Å²) in [6.07, 6.45) is 0.831. The van der Waals surface area contributed by atoms with Crippen LogP contribution in [0, 0.1) is 0 Å². The minimum atomic E-state index is -1.00. The number of imidazole rings is 1. The van der Waals surface area contributed by atoms with Crippen LogP contribution in [0.2, 0.25) is 0 Å². The predicted octanol–water partition coefficient (Wildman–Crippen LogP) is -1.26. The van der Waals surface area contributed by atoms with E-state index >= 15 is 0 Å². The molecule has 0 spiro atoms. The third kappa shape index (κ3) is 1.86. The van der Waals surface area contributed by atoms with Gasteiger partial charge in [-0.05, 0) is 0 Å². The van der Waals surface area contributed by atoms with Crippen LogP contribution in [0.3, 0.4) is 0 Å². The number of aliphatic hydroxyl groups is 3. The van der Waals surface area contributed by atoms with Gasteiger partial charge < -0.3 is 21.1 Å². The lowest BCUT2D eigenvalue weighted by molar-refractivity contribution is 0.0113. The van der Waals surface area contributed by atoms with E-state index in [-0.39, 0.29) is 12.4 Å². The molecule has 0 aliphatic carbocycles. The Bertz CT molecular complexity index is 606. The number of aromatic nitrogens is 4. The van der Waals surface area contributed by atoms with Gasteiger partial charge in [0, 0.05) is 0 Å². The molecule has 0 saturated carbocycles. The first kappa shape index (κ1) is 12.6. The number of thioether (sulfide) groups is 1. The molecule has 3 heterocycles. The molecule has 0 radical (unpaired) electrons. The molecule has 102 valence electrons. The van der Waals surface area contributed by atoms with Crippen molar-refractivity contribution < 1.29 is 15.3 Å². The summed E-state index contributed by atoms with van der Waals surface area (Å²) in [5.74, 6) is 0.264. The van der Waals surface area contributed by atoms with E-state index in [1.807, 2.05) is 0 Å². The van der Waals surface area contributed by atoms with Crippen LogP contribution in [0.1, 0.15) is 5.37 Å². The van der Waals surface area contributed by atoms with Crippen LogP contribution in [0.15, 0.2) is 12.7 Å². The first-order valence-electron chi connectivity index (χ1n) is 5.69. The normalized spacial score (nSPS) is 31.1. The van der Waals surface area contributed by atoms with Crippen LogP contribution in [0.5, 0.6) is 0 Å². The highest BCUT2D eigenvalue weighted by Crippen LogP contribution is 2.42. The zero-order chi connectivity index (χ0) is 13.6. The fraction of sp³-hybridized carbons (Fsp3) is 0.500. The standard InChI is InChI=1S/C10H13N5O3S/c11-8-5-9(13-2-12-8)15(3-14-5)10-7(18)6(17)4(1-16)19-10/h2-4,6-7,10,16-18H,1H2,(H2,11,12,13)/t4-,6?,7?,10+/m1/s1. The molecule has 0 aromatic carbocycles. The summed E-state index contributed by atoms with van der Waals surface area (Å²) in [4.78, 5) is 12.1. The first-order chi connectivity index (χ1) is 9.13. The molecule has 3 rings (SSSR count). The molecule has 5 N–H and O–H groups in total. The van der Waals surface area contributed by atoms with Gasteiger partial charge in [-0.2, -0.15) is 0 Å². The summed E-state index contributed by atoms with van der Waals surface area (Å²) in [5, 5.41) is 28.2. The van der Waals surface area contributed by atoms with Crippen molar-refractivity contribution in [2.45, 2.75) is 22.8 Å². The van der Waals surface area contributed by atoms with E-state index in [9.17, 15) is 10.2 Å². The molecule has 2 aromatic rings. The summed E-state index contributed by atoms with van der Waals surface area (Å²) in [6, 6.07) is 0.